The second kappa shape index (κ2) is 17.3. The lowest BCUT2D eigenvalue weighted by atomic mass is 10.3. The van der Waals surface area contributed by atoms with E-state index in [1.165, 1.54) is 0 Å². The molecule has 0 N–H and O–H groups in total. The summed E-state index contributed by atoms with van der Waals surface area (Å²) in [6.07, 6.45) is 5.50. The van der Waals surface area contributed by atoms with E-state index < -0.39 is 0 Å². The van der Waals surface area contributed by atoms with Crippen LogP contribution < -0.4 is 0 Å². The molecule has 0 saturated heterocycles. The number of nitrogens with zero attached hydrogens (tertiary/aromatic N) is 1. The van der Waals surface area contributed by atoms with Gasteiger partial charge in [0.25, 0.3) is 0 Å². The van der Waals surface area contributed by atoms with Crippen molar-refractivity contribution in [1.82, 2.24) is 4.90 Å². The molecule has 0 aliphatic carbocycles. The van der Waals surface area contributed by atoms with Gasteiger partial charge in [-0.2, -0.15) is 0 Å². The standard InChI is InChI=1S/C7H10.C3H9N.C2H6/c1-4-5-6-7(2)3;1-4(2)3;1-2/h4-6H,1-2H2,3H3;1-3H3;1-2H3/b6-5-;;. The highest BCUT2D eigenvalue weighted by molar-refractivity contribution is 5.15. The number of rotatable bonds is 2. The zero-order chi connectivity index (χ0) is 11.3. The first-order chi connectivity index (χ1) is 6.00. The summed E-state index contributed by atoms with van der Waals surface area (Å²) in [4.78, 5) is 2.00. The molecule has 1 nitrogen and oxygen atoms in total. The van der Waals surface area contributed by atoms with Crippen molar-refractivity contribution >= 4 is 0 Å². The van der Waals surface area contributed by atoms with Crippen molar-refractivity contribution in [2.24, 2.45) is 0 Å². The van der Waals surface area contributed by atoms with Gasteiger partial charge in [0, 0.05) is 0 Å². The van der Waals surface area contributed by atoms with E-state index >= 15 is 0 Å². The second-order valence-electron chi connectivity index (χ2n) is 2.78. The Hall–Kier alpha value is -0.820. The van der Waals surface area contributed by atoms with Crippen LogP contribution in [0.4, 0.5) is 0 Å². The van der Waals surface area contributed by atoms with Crippen molar-refractivity contribution < 1.29 is 0 Å². The van der Waals surface area contributed by atoms with Crippen molar-refractivity contribution in [3.63, 3.8) is 0 Å². The maximum absolute atomic E-state index is 3.66. The molecule has 0 aromatic rings. The number of hydrogen-bond acceptors (Lipinski definition) is 1. The highest BCUT2D eigenvalue weighted by Gasteiger charge is 1.65. The van der Waals surface area contributed by atoms with Gasteiger partial charge in [0.05, 0.1) is 0 Å². The van der Waals surface area contributed by atoms with Crippen LogP contribution in [-0.2, 0) is 0 Å². The molecule has 0 atom stereocenters. The molecule has 0 saturated carbocycles. The van der Waals surface area contributed by atoms with E-state index in [2.05, 4.69) is 13.2 Å². The van der Waals surface area contributed by atoms with Gasteiger partial charge < -0.3 is 4.90 Å². The molecule has 0 rings (SSSR count). The van der Waals surface area contributed by atoms with Gasteiger partial charge in [-0.25, -0.2) is 0 Å². The predicted octanol–water partition coefficient (Wildman–Crippen LogP) is 3.51. The highest BCUT2D eigenvalue weighted by atomic mass is 15.0. The van der Waals surface area contributed by atoms with Gasteiger partial charge in [-0.1, -0.05) is 50.8 Å². The zero-order valence-corrected chi connectivity index (χ0v) is 10.1. The molecule has 0 bridgehead atoms. The molecule has 0 radical (unpaired) electrons. The van der Waals surface area contributed by atoms with Gasteiger partial charge in [-0.05, 0) is 28.1 Å². The van der Waals surface area contributed by atoms with Crippen molar-refractivity contribution in [2.75, 3.05) is 21.1 Å². The van der Waals surface area contributed by atoms with E-state index in [4.69, 9.17) is 0 Å². The Morgan fingerprint density at radius 1 is 1.15 bits per heavy atom. The Labute approximate surface area is 84.5 Å². The van der Waals surface area contributed by atoms with E-state index in [0.29, 0.717) is 0 Å². The number of hydrogen-bond donors (Lipinski definition) is 0. The minimum Gasteiger partial charge on any atom is -0.312 e. The summed E-state index contributed by atoms with van der Waals surface area (Å²) >= 11 is 0. The van der Waals surface area contributed by atoms with Crippen LogP contribution in [0.5, 0.6) is 0 Å². The predicted molar refractivity (Wildman–Crippen MR) is 65.1 cm³/mol. The topological polar surface area (TPSA) is 3.24 Å². The smallest absolute Gasteiger partial charge is 0.0140 e. The minimum absolute atomic E-state index is 1.06. The average molecular weight is 183 g/mol. The Balaban J connectivity index is -0.000000142. The van der Waals surface area contributed by atoms with Crippen molar-refractivity contribution in [1.29, 1.82) is 0 Å². The van der Waals surface area contributed by atoms with Crippen molar-refractivity contribution in [3.8, 4) is 0 Å². The van der Waals surface area contributed by atoms with Gasteiger partial charge in [0.15, 0.2) is 0 Å². The molecule has 1 heteroatoms. The molecule has 0 aromatic heterocycles. The number of allylic oxidation sites excluding steroid dienone is 4. The van der Waals surface area contributed by atoms with Gasteiger partial charge in [-0.3, -0.25) is 0 Å². The summed E-state index contributed by atoms with van der Waals surface area (Å²) in [5, 5.41) is 0. The van der Waals surface area contributed by atoms with E-state index in [1.807, 2.05) is 59.0 Å². The molecule has 13 heavy (non-hydrogen) atoms. The molecule has 0 aliphatic heterocycles. The molecule has 0 fully saturated rings. The largest absolute Gasteiger partial charge is 0.312 e. The van der Waals surface area contributed by atoms with Crippen molar-refractivity contribution in [3.05, 3.63) is 37.0 Å². The summed E-state index contributed by atoms with van der Waals surface area (Å²) in [5.74, 6) is 0. The summed E-state index contributed by atoms with van der Waals surface area (Å²) in [7, 11) is 6.00. The Bertz CT molecular complexity index is 129. The lowest BCUT2D eigenvalue weighted by Gasteiger charge is -1.90. The third-order valence-corrected chi connectivity index (χ3v) is 0.517. The Morgan fingerprint density at radius 3 is 1.54 bits per heavy atom. The lowest BCUT2D eigenvalue weighted by molar-refractivity contribution is 0.505. The van der Waals surface area contributed by atoms with Crippen LogP contribution in [0.1, 0.15) is 20.8 Å². The molecular weight excluding hydrogens is 158 g/mol. The molecule has 0 unspecified atom stereocenters. The van der Waals surface area contributed by atoms with E-state index in [0.717, 1.165) is 5.57 Å². The fourth-order valence-corrected chi connectivity index (χ4v) is 0.232. The van der Waals surface area contributed by atoms with Crippen LogP contribution >= 0.6 is 0 Å². The van der Waals surface area contributed by atoms with E-state index in [1.54, 1.807) is 6.08 Å². The molecule has 0 amide bonds. The van der Waals surface area contributed by atoms with Crippen LogP contribution in [0.3, 0.4) is 0 Å². The van der Waals surface area contributed by atoms with Gasteiger partial charge in [0.1, 0.15) is 0 Å². The van der Waals surface area contributed by atoms with Gasteiger partial charge >= 0.3 is 0 Å². The summed E-state index contributed by atoms with van der Waals surface area (Å²) in [6.45, 7) is 13.1. The molecule has 0 heterocycles. The quantitative estimate of drug-likeness (QED) is 0.592. The first-order valence-corrected chi connectivity index (χ1v) is 4.56. The zero-order valence-electron chi connectivity index (χ0n) is 10.1. The SMILES string of the molecule is C=C/C=C\C(=C)C.CC.CN(C)C. The Kier molecular flexibility index (Phi) is 24.1. The second-order valence-corrected chi connectivity index (χ2v) is 2.78. The van der Waals surface area contributed by atoms with Gasteiger partial charge in [-0.15, -0.1) is 0 Å². The van der Waals surface area contributed by atoms with Crippen LogP contribution in [0.25, 0.3) is 0 Å². The first-order valence-electron chi connectivity index (χ1n) is 4.56. The fourth-order valence-electron chi connectivity index (χ4n) is 0.232. The van der Waals surface area contributed by atoms with Crippen LogP contribution in [0.2, 0.25) is 0 Å². The van der Waals surface area contributed by atoms with Crippen LogP contribution in [0, 0.1) is 0 Å². The summed E-state index contributed by atoms with van der Waals surface area (Å²) in [5.41, 5.74) is 1.06. The molecule has 0 aromatic carbocycles. The van der Waals surface area contributed by atoms with Gasteiger partial charge in [0.2, 0.25) is 0 Å². The molecule has 78 valence electrons. The Morgan fingerprint density at radius 2 is 1.46 bits per heavy atom. The first kappa shape index (κ1) is 18.1. The summed E-state index contributed by atoms with van der Waals surface area (Å²) in [6, 6.07) is 0. The lowest BCUT2D eigenvalue weighted by Crippen LogP contribution is -1.99. The third kappa shape index (κ3) is 93.2. The molecule has 0 spiro atoms. The van der Waals surface area contributed by atoms with Crippen LogP contribution in [-0.4, -0.2) is 26.0 Å². The van der Waals surface area contributed by atoms with Crippen molar-refractivity contribution in [2.45, 2.75) is 20.8 Å². The highest BCUT2D eigenvalue weighted by Crippen LogP contribution is 1.86. The van der Waals surface area contributed by atoms with Crippen LogP contribution in [0.15, 0.2) is 37.0 Å². The van der Waals surface area contributed by atoms with E-state index in [9.17, 15) is 0 Å². The monoisotopic (exact) mass is 183 g/mol. The normalized spacial score (nSPS) is 8.23. The molecule has 0 aliphatic rings. The maximum Gasteiger partial charge on any atom is -0.0140 e. The van der Waals surface area contributed by atoms with E-state index in [-0.39, 0.29) is 0 Å². The average Bonchev–Trinajstić information content (AvgIpc) is 2.03. The summed E-state index contributed by atoms with van der Waals surface area (Å²) < 4.78 is 0. The minimum atomic E-state index is 1.06. The third-order valence-electron chi connectivity index (χ3n) is 0.517. The fraction of sp³-hybridized carbons (Fsp3) is 0.500. The maximum atomic E-state index is 3.66. The molecular formula is C12H25N.